The SMILES string of the molecule is O=C(Nc1ccc(F)cc1)c1ccc(Br)cn1. The predicted octanol–water partition coefficient (Wildman–Crippen LogP) is 3.24. The summed E-state index contributed by atoms with van der Waals surface area (Å²) >= 11 is 3.23. The van der Waals surface area contributed by atoms with E-state index in [2.05, 4.69) is 26.2 Å². The largest absolute Gasteiger partial charge is 0.321 e. The third-order valence-corrected chi connectivity index (χ3v) is 2.53. The molecular weight excluding hydrogens is 287 g/mol. The standard InChI is InChI=1S/C12H8BrFN2O/c13-8-1-6-11(15-7-8)12(17)16-10-4-2-9(14)3-5-10/h1-7H,(H,16,17). The maximum atomic E-state index is 12.7. The van der Waals surface area contributed by atoms with Gasteiger partial charge in [0.1, 0.15) is 11.5 Å². The molecule has 3 nitrogen and oxygen atoms in total. The Morgan fingerprint density at radius 1 is 1.18 bits per heavy atom. The first-order valence-corrected chi connectivity index (χ1v) is 5.63. The van der Waals surface area contributed by atoms with Gasteiger partial charge in [-0.05, 0) is 52.3 Å². The lowest BCUT2D eigenvalue weighted by atomic mass is 10.3. The molecule has 5 heteroatoms. The van der Waals surface area contributed by atoms with Crippen molar-refractivity contribution in [3.8, 4) is 0 Å². The van der Waals surface area contributed by atoms with Gasteiger partial charge in [-0.1, -0.05) is 0 Å². The van der Waals surface area contributed by atoms with Gasteiger partial charge in [-0.2, -0.15) is 0 Å². The number of carbonyl (C=O) groups is 1. The molecule has 0 atom stereocenters. The molecule has 2 aromatic rings. The quantitative estimate of drug-likeness (QED) is 0.924. The van der Waals surface area contributed by atoms with Crippen molar-refractivity contribution in [1.29, 1.82) is 0 Å². The lowest BCUT2D eigenvalue weighted by Gasteiger charge is -2.04. The van der Waals surface area contributed by atoms with Crippen molar-refractivity contribution in [1.82, 2.24) is 4.98 Å². The van der Waals surface area contributed by atoms with Crippen molar-refractivity contribution in [2.75, 3.05) is 5.32 Å². The molecular formula is C12H8BrFN2O. The molecule has 0 aliphatic heterocycles. The topological polar surface area (TPSA) is 42.0 Å². The van der Waals surface area contributed by atoms with Crippen molar-refractivity contribution in [3.05, 3.63) is 58.6 Å². The van der Waals surface area contributed by atoms with Crippen LogP contribution in [0.4, 0.5) is 10.1 Å². The first kappa shape index (κ1) is 11.7. The van der Waals surface area contributed by atoms with Crippen LogP contribution >= 0.6 is 15.9 Å². The zero-order chi connectivity index (χ0) is 12.3. The van der Waals surface area contributed by atoms with E-state index in [1.54, 1.807) is 18.3 Å². The van der Waals surface area contributed by atoms with Gasteiger partial charge < -0.3 is 5.32 Å². The number of benzene rings is 1. The van der Waals surface area contributed by atoms with E-state index in [0.717, 1.165) is 4.47 Å². The van der Waals surface area contributed by atoms with E-state index in [0.29, 0.717) is 11.4 Å². The minimum atomic E-state index is -0.343. The number of anilines is 1. The number of halogens is 2. The van der Waals surface area contributed by atoms with Crippen LogP contribution in [0.1, 0.15) is 10.5 Å². The van der Waals surface area contributed by atoms with Crippen LogP contribution < -0.4 is 5.32 Å². The van der Waals surface area contributed by atoms with Crippen molar-refractivity contribution in [2.24, 2.45) is 0 Å². The van der Waals surface area contributed by atoms with E-state index in [4.69, 9.17) is 0 Å². The number of nitrogens with zero attached hydrogens (tertiary/aromatic N) is 1. The van der Waals surface area contributed by atoms with E-state index in [-0.39, 0.29) is 11.7 Å². The van der Waals surface area contributed by atoms with Gasteiger partial charge in [-0.3, -0.25) is 4.79 Å². The van der Waals surface area contributed by atoms with Crippen LogP contribution in [0.3, 0.4) is 0 Å². The number of aromatic nitrogens is 1. The molecule has 0 saturated carbocycles. The van der Waals surface area contributed by atoms with Crippen molar-refractivity contribution in [2.45, 2.75) is 0 Å². The lowest BCUT2D eigenvalue weighted by Crippen LogP contribution is -2.13. The van der Waals surface area contributed by atoms with Crippen LogP contribution in [-0.4, -0.2) is 10.9 Å². The van der Waals surface area contributed by atoms with Crippen molar-refractivity contribution >= 4 is 27.5 Å². The highest BCUT2D eigenvalue weighted by Gasteiger charge is 2.07. The zero-order valence-electron chi connectivity index (χ0n) is 8.65. The highest BCUT2D eigenvalue weighted by atomic mass is 79.9. The summed E-state index contributed by atoms with van der Waals surface area (Å²) < 4.78 is 13.5. The predicted molar refractivity (Wildman–Crippen MR) is 66.3 cm³/mol. The van der Waals surface area contributed by atoms with Gasteiger partial charge in [0.2, 0.25) is 0 Å². The van der Waals surface area contributed by atoms with Crippen molar-refractivity contribution in [3.63, 3.8) is 0 Å². The number of hydrogen-bond acceptors (Lipinski definition) is 2. The summed E-state index contributed by atoms with van der Waals surface area (Å²) in [5.41, 5.74) is 0.832. The molecule has 0 radical (unpaired) electrons. The molecule has 0 bridgehead atoms. The van der Waals surface area contributed by atoms with E-state index in [1.165, 1.54) is 24.3 Å². The van der Waals surface area contributed by atoms with E-state index >= 15 is 0 Å². The third-order valence-electron chi connectivity index (χ3n) is 2.06. The smallest absolute Gasteiger partial charge is 0.274 e. The monoisotopic (exact) mass is 294 g/mol. The molecule has 1 heterocycles. The second-order valence-electron chi connectivity index (χ2n) is 3.32. The lowest BCUT2D eigenvalue weighted by molar-refractivity contribution is 0.102. The molecule has 1 N–H and O–H groups in total. The van der Waals surface area contributed by atoms with Crippen LogP contribution in [0, 0.1) is 5.82 Å². The van der Waals surface area contributed by atoms with Crippen LogP contribution in [0.15, 0.2) is 47.1 Å². The summed E-state index contributed by atoms with van der Waals surface area (Å²) in [4.78, 5) is 15.7. The summed E-state index contributed by atoms with van der Waals surface area (Å²) in [6.45, 7) is 0. The van der Waals surface area contributed by atoms with Crippen LogP contribution in [0.5, 0.6) is 0 Å². The average molecular weight is 295 g/mol. The minimum Gasteiger partial charge on any atom is -0.321 e. The zero-order valence-corrected chi connectivity index (χ0v) is 10.2. The normalized spacial score (nSPS) is 10.0. The Hall–Kier alpha value is -1.75. The maximum Gasteiger partial charge on any atom is 0.274 e. The summed E-state index contributed by atoms with van der Waals surface area (Å²) in [5, 5.41) is 2.62. The summed E-state index contributed by atoms with van der Waals surface area (Å²) in [6, 6.07) is 8.88. The molecule has 0 aliphatic carbocycles. The molecule has 17 heavy (non-hydrogen) atoms. The van der Waals surface area contributed by atoms with Crippen molar-refractivity contribution < 1.29 is 9.18 Å². The summed E-state index contributed by atoms with van der Waals surface area (Å²) in [6.07, 6.45) is 1.54. The molecule has 1 amide bonds. The first-order valence-electron chi connectivity index (χ1n) is 4.83. The molecule has 1 aromatic carbocycles. The van der Waals surface area contributed by atoms with Gasteiger partial charge in [-0.15, -0.1) is 0 Å². The number of hydrogen-bond donors (Lipinski definition) is 1. The van der Waals surface area contributed by atoms with Gasteiger partial charge in [0.15, 0.2) is 0 Å². The Bertz CT molecular complexity index is 525. The molecule has 86 valence electrons. The Labute approximate surface area is 106 Å². The molecule has 2 rings (SSSR count). The van der Waals surface area contributed by atoms with Crippen LogP contribution in [0.25, 0.3) is 0 Å². The van der Waals surface area contributed by atoms with Crippen LogP contribution in [-0.2, 0) is 0 Å². The number of pyridine rings is 1. The number of nitrogens with one attached hydrogen (secondary N) is 1. The second kappa shape index (κ2) is 5.05. The number of carbonyl (C=O) groups excluding carboxylic acids is 1. The van der Waals surface area contributed by atoms with Gasteiger partial charge in [0.05, 0.1) is 0 Å². The summed E-state index contributed by atoms with van der Waals surface area (Å²) in [7, 11) is 0. The highest BCUT2D eigenvalue weighted by Crippen LogP contribution is 2.11. The number of rotatable bonds is 2. The summed E-state index contributed by atoms with van der Waals surface area (Å²) in [5.74, 6) is -0.672. The maximum absolute atomic E-state index is 12.7. The van der Waals surface area contributed by atoms with Gasteiger partial charge >= 0.3 is 0 Å². The fourth-order valence-electron chi connectivity index (χ4n) is 1.24. The highest BCUT2D eigenvalue weighted by molar-refractivity contribution is 9.10. The fourth-order valence-corrected chi connectivity index (χ4v) is 1.47. The van der Waals surface area contributed by atoms with Gasteiger partial charge in [0, 0.05) is 16.4 Å². The molecule has 0 unspecified atom stereocenters. The Morgan fingerprint density at radius 2 is 1.88 bits per heavy atom. The fraction of sp³-hybridized carbons (Fsp3) is 0. The molecule has 0 spiro atoms. The molecule has 0 fully saturated rings. The molecule has 0 aliphatic rings. The third kappa shape index (κ3) is 3.10. The molecule has 0 saturated heterocycles. The van der Waals surface area contributed by atoms with Crippen LogP contribution in [0.2, 0.25) is 0 Å². The molecule has 1 aromatic heterocycles. The second-order valence-corrected chi connectivity index (χ2v) is 4.24. The van der Waals surface area contributed by atoms with E-state index in [1.807, 2.05) is 0 Å². The van der Waals surface area contributed by atoms with E-state index in [9.17, 15) is 9.18 Å². The first-order chi connectivity index (χ1) is 8.15. The average Bonchev–Trinajstić information content (AvgIpc) is 2.33. The van der Waals surface area contributed by atoms with Gasteiger partial charge in [0.25, 0.3) is 5.91 Å². The van der Waals surface area contributed by atoms with E-state index < -0.39 is 0 Å². The van der Waals surface area contributed by atoms with Gasteiger partial charge in [-0.25, -0.2) is 9.37 Å². The minimum absolute atomic E-state index is 0.303. The number of amides is 1. The Kier molecular flexibility index (Phi) is 3.49. The Morgan fingerprint density at radius 3 is 2.47 bits per heavy atom. The Balaban J connectivity index is 2.11.